The van der Waals surface area contributed by atoms with Crippen molar-refractivity contribution >= 4 is 77.1 Å². The molecule has 0 saturated heterocycles. The number of aromatic nitrogens is 7. The number of ether oxygens (including phenoxy) is 5. The molecule has 1 aliphatic carbocycles. The van der Waals surface area contributed by atoms with Crippen LogP contribution in [0.1, 0.15) is 135 Å². The number of para-hydroxylation sites is 1. The van der Waals surface area contributed by atoms with E-state index >= 15 is 0 Å². The van der Waals surface area contributed by atoms with Gasteiger partial charge in [-0.1, -0.05) is 61.0 Å². The maximum absolute atomic E-state index is 13.5. The number of amides is 4. The normalized spacial score (nSPS) is 13.3. The zero-order chi connectivity index (χ0) is 78.6. The van der Waals surface area contributed by atoms with Crippen molar-refractivity contribution < 1.29 is 87.6 Å². The summed E-state index contributed by atoms with van der Waals surface area (Å²) in [5.41, 5.74) is 5.93. The summed E-state index contributed by atoms with van der Waals surface area (Å²) < 4.78 is 109. The van der Waals surface area contributed by atoms with E-state index in [2.05, 4.69) is 68.2 Å². The predicted octanol–water partition coefficient (Wildman–Crippen LogP) is 7.14. The lowest BCUT2D eigenvalue weighted by Gasteiger charge is -2.19. The number of sulfonamides is 2. The molecule has 8 aromatic rings. The summed E-state index contributed by atoms with van der Waals surface area (Å²) in [7, 11) is -5.32. The zero-order valence-electron chi connectivity index (χ0n) is 61.4. The Balaban J connectivity index is 0.000000180. The molecule has 0 unspecified atom stereocenters. The average Bonchev–Trinajstić information content (AvgIpc) is 1.62. The fourth-order valence-electron chi connectivity index (χ4n) is 11.0. The van der Waals surface area contributed by atoms with Gasteiger partial charge >= 0.3 is 24.0 Å². The lowest BCUT2D eigenvalue weighted by molar-refractivity contribution is -0.143. The number of carbonyl (C=O) groups excluding carboxylic acids is 6. The van der Waals surface area contributed by atoms with E-state index in [0.717, 1.165) is 60.6 Å². The third-order valence-corrected chi connectivity index (χ3v) is 20.5. The number of benzene rings is 5. The van der Waals surface area contributed by atoms with E-state index in [1.54, 1.807) is 41.4 Å². The molecule has 32 nitrogen and oxygen atoms in total. The Bertz CT molecular complexity index is 5150. The van der Waals surface area contributed by atoms with Gasteiger partial charge in [-0.3, -0.25) is 28.9 Å². The molecule has 3 aliphatic rings. The molecule has 0 spiro atoms. The van der Waals surface area contributed by atoms with E-state index in [0.29, 0.717) is 73.2 Å². The summed E-state index contributed by atoms with van der Waals surface area (Å²) in [6.45, 7) is 17.1. The number of oxime groups is 1. The van der Waals surface area contributed by atoms with Crippen LogP contribution in [0.4, 0.5) is 10.7 Å². The van der Waals surface area contributed by atoms with E-state index in [4.69, 9.17) is 23.8 Å². The summed E-state index contributed by atoms with van der Waals surface area (Å²) in [6.07, 6.45) is 6.36. The van der Waals surface area contributed by atoms with E-state index in [-0.39, 0.29) is 84.9 Å². The first-order valence-corrected chi connectivity index (χ1v) is 38.3. The molecule has 35 heteroatoms. The van der Waals surface area contributed by atoms with Gasteiger partial charge in [0.2, 0.25) is 17.7 Å². The van der Waals surface area contributed by atoms with Gasteiger partial charge in [-0.05, 0) is 150 Å². The number of rotatable bonds is 19. The molecule has 2 aliphatic heterocycles. The number of carbonyl (C=O) groups is 6. The smallest absolute Gasteiger partial charge is 0.339 e. The third kappa shape index (κ3) is 19.5. The molecule has 1 fully saturated rings. The molecule has 570 valence electrons. The molecular formula is C72H84N12O20S3. The first kappa shape index (κ1) is 81.5. The number of hydrogen-bond donors (Lipinski definition) is 4. The van der Waals surface area contributed by atoms with Gasteiger partial charge in [0.05, 0.1) is 85.9 Å². The summed E-state index contributed by atoms with van der Waals surface area (Å²) in [5, 5.41) is 20.6. The highest BCUT2D eigenvalue weighted by Gasteiger charge is 2.34. The summed E-state index contributed by atoms with van der Waals surface area (Å²) >= 11 is 0. The number of ketones is 1. The van der Waals surface area contributed by atoms with Crippen molar-refractivity contribution in [2.24, 2.45) is 17.6 Å². The van der Waals surface area contributed by atoms with Gasteiger partial charge in [0.1, 0.15) is 34.2 Å². The van der Waals surface area contributed by atoms with Gasteiger partial charge in [-0.2, -0.15) is 20.1 Å². The predicted molar refractivity (Wildman–Crippen MR) is 391 cm³/mol. The molecule has 5 heterocycles. The van der Waals surface area contributed by atoms with E-state index in [1.165, 1.54) is 111 Å². The second-order valence-electron chi connectivity index (χ2n) is 25.5. The quantitative estimate of drug-likeness (QED) is 0.0461. The Hall–Kier alpha value is -11.2. The SMILES string of the molecule is CCc1cc(C)cc(CC)c1-c1c(OC(=O)C(C)(C)C)n2n(c1=O)CCOCC2.COC(=O)c1ccccc1S(=O)(=O)NC(=O)N(C)c1nc(C)nc(OC)n1.COc1ccccc1C(=O)NS(=O)(=O)c1ccc(C(=O)NC2CC2)cc1.Cc1c(C(=O)c2cnn(C)c2O)ccc(S(C)(=O)=O)c1C1=NOCC1. The van der Waals surface area contributed by atoms with Crippen LogP contribution in [0.5, 0.6) is 23.5 Å². The van der Waals surface area contributed by atoms with Gasteiger partial charge in [0.25, 0.3) is 37.4 Å². The largest absolute Gasteiger partial charge is 0.496 e. The highest BCUT2D eigenvalue weighted by Crippen LogP contribution is 2.37. The van der Waals surface area contributed by atoms with Crippen molar-refractivity contribution in [3.8, 4) is 34.6 Å². The number of urea groups is 1. The molecule has 0 radical (unpaired) electrons. The number of aromatic hydroxyl groups is 1. The van der Waals surface area contributed by atoms with Crippen LogP contribution >= 0.6 is 0 Å². The minimum absolute atomic E-state index is 0.0314. The lowest BCUT2D eigenvalue weighted by Crippen LogP contribution is -2.42. The first-order valence-electron chi connectivity index (χ1n) is 33.4. The van der Waals surface area contributed by atoms with Crippen molar-refractivity contribution in [1.82, 2.24) is 48.9 Å². The number of nitrogens with zero attached hydrogens (tertiary/aromatic N) is 9. The van der Waals surface area contributed by atoms with Crippen molar-refractivity contribution in [3.63, 3.8) is 0 Å². The minimum Gasteiger partial charge on any atom is -0.496 e. The van der Waals surface area contributed by atoms with Gasteiger partial charge in [0, 0.05) is 49.5 Å². The first-order chi connectivity index (χ1) is 50.5. The number of anilines is 1. The lowest BCUT2D eigenvalue weighted by atomic mass is 9.91. The topological polar surface area (TPSA) is 416 Å². The van der Waals surface area contributed by atoms with E-state index in [1.807, 2.05) is 30.2 Å². The third-order valence-electron chi connectivity index (χ3n) is 16.7. The van der Waals surface area contributed by atoms with Crippen LogP contribution in [-0.4, -0.2) is 166 Å². The molecule has 1 saturated carbocycles. The molecule has 3 aromatic heterocycles. The Morgan fingerprint density at radius 2 is 1.33 bits per heavy atom. The molecular weight excluding hydrogens is 1450 g/mol. The van der Waals surface area contributed by atoms with Crippen LogP contribution in [-0.2, 0) is 82.0 Å². The fourth-order valence-corrected chi connectivity index (χ4v) is 14.1. The van der Waals surface area contributed by atoms with E-state index in [9.17, 15) is 63.9 Å². The van der Waals surface area contributed by atoms with Gasteiger partial charge < -0.3 is 38.9 Å². The Labute approximate surface area is 618 Å². The highest BCUT2D eigenvalue weighted by atomic mass is 32.2. The Kier molecular flexibility index (Phi) is 26.2. The number of aryl methyl sites for hydroxylation is 5. The Morgan fingerprint density at radius 1 is 0.701 bits per heavy atom. The number of sulfone groups is 1. The van der Waals surface area contributed by atoms with Crippen molar-refractivity contribution in [1.29, 1.82) is 0 Å². The standard InChI is InChI=1S/C23H32N2O4.C18H18N2O5S.C16H17N3O5S.C15H17N5O6S/c1-7-16-13-15(3)14-17(8-2)18(16)19-20(26)24-9-11-28-12-10-25(24)21(19)29-22(27)23(4,5)6;1-25-16-5-3-2-4-15(16)18(22)20-26(23,24)14-10-6-12(7-11-14)17(21)19-13-8-9-13;1-9-10(15(20)11-8-17-19(2)16(11)21)4-5-13(25(3,22)23)14(9)12-6-7-24-18-12;1-9-16-13(18-14(17-9)26-4)20(2)15(22)19-27(23,24)11-8-6-5-7-10(11)12(21)25-3/h13-14H,7-12H2,1-6H3;2-7,10-11,13H,8-9H2,1H3,(H,19,21)(H,20,22);4-5,8,21H,6-7H2,1-3H3;5-8H,1-4H3,(H,19,22). The van der Waals surface area contributed by atoms with Crippen molar-refractivity contribution in [3.05, 3.63) is 175 Å². The molecule has 107 heavy (non-hydrogen) atoms. The number of fused-ring (bicyclic) bond motifs is 1. The molecule has 5 aromatic carbocycles. The molecule has 4 N–H and O–H groups in total. The number of nitrogens with one attached hydrogen (secondary N) is 3. The molecule has 4 amide bonds. The highest BCUT2D eigenvalue weighted by molar-refractivity contribution is 7.91. The zero-order valence-corrected chi connectivity index (χ0v) is 63.9. The number of hydrogen-bond acceptors (Lipinski definition) is 25. The fraction of sp³-hybridized carbons (Fsp3) is 0.361. The summed E-state index contributed by atoms with van der Waals surface area (Å²) in [5.74, 6) is -2.16. The van der Waals surface area contributed by atoms with Crippen LogP contribution in [0.3, 0.4) is 0 Å². The van der Waals surface area contributed by atoms with Crippen LogP contribution in [0.2, 0.25) is 0 Å². The second kappa shape index (κ2) is 34.4. The Morgan fingerprint density at radius 3 is 1.89 bits per heavy atom. The monoisotopic (exact) mass is 1530 g/mol. The van der Waals surface area contributed by atoms with Crippen LogP contribution in [0.15, 0.2) is 128 Å². The molecule has 0 atom stereocenters. The number of esters is 2. The van der Waals surface area contributed by atoms with Gasteiger partial charge in [-0.15, -0.1) is 0 Å². The van der Waals surface area contributed by atoms with Crippen LogP contribution in [0.25, 0.3) is 11.1 Å². The maximum Gasteiger partial charge on any atom is 0.339 e. The molecule has 11 rings (SSSR count). The second-order valence-corrected chi connectivity index (χ2v) is 30.8. The maximum atomic E-state index is 13.5. The van der Waals surface area contributed by atoms with Crippen LogP contribution < -0.4 is 39.4 Å². The van der Waals surface area contributed by atoms with E-state index < -0.39 is 63.9 Å². The van der Waals surface area contributed by atoms with Crippen LogP contribution in [0, 0.1) is 26.2 Å². The molecule has 0 bridgehead atoms. The summed E-state index contributed by atoms with van der Waals surface area (Å²) in [6, 6.07) is 23.3. The summed E-state index contributed by atoms with van der Waals surface area (Å²) in [4.78, 5) is 105. The van der Waals surface area contributed by atoms with Crippen molar-refractivity contribution in [2.45, 2.75) is 121 Å². The number of methoxy groups -OCH3 is 3. The van der Waals surface area contributed by atoms with Gasteiger partial charge in [0.15, 0.2) is 15.6 Å². The average molecular weight is 1530 g/mol. The van der Waals surface area contributed by atoms with Crippen molar-refractivity contribution in [2.75, 3.05) is 59.4 Å². The minimum atomic E-state index is -4.37. The van der Waals surface area contributed by atoms with Gasteiger partial charge in [-0.25, -0.2) is 58.3 Å².